The van der Waals surface area contributed by atoms with E-state index in [-0.39, 0.29) is 5.92 Å². The number of hydrogen-bond donors (Lipinski definition) is 1. The SMILES string of the molecule is CCC(C)c1nc(N(CC)C(C)CN(C)C)sc1C(=O)O. The molecule has 21 heavy (non-hydrogen) atoms. The number of carbonyl (C=O) groups is 1. The minimum atomic E-state index is -0.870. The topological polar surface area (TPSA) is 56.7 Å². The molecule has 0 aliphatic carbocycles. The van der Waals surface area contributed by atoms with Crippen molar-refractivity contribution in [2.24, 2.45) is 0 Å². The number of anilines is 1. The van der Waals surface area contributed by atoms with Gasteiger partial charge in [0, 0.05) is 19.1 Å². The van der Waals surface area contributed by atoms with Gasteiger partial charge in [0.05, 0.1) is 5.69 Å². The number of carboxylic acids is 1. The Balaban J connectivity index is 3.13. The minimum Gasteiger partial charge on any atom is -0.477 e. The zero-order chi connectivity index (χ0) is 16.2. The second-order valence-corrected chi connectivity index (χ2v) is 6.70. The third-order valence-electron chi connectivity index (χ3n) is 3.66. The van der Waals surface area contributed by atoms with Gasteiger partial charge in [-0.2, -0.15) is 0 Å². The first-order valence-corrected chi connectivity index (χ1v) is 8.28. The molecule has 120 valence electrons. The molecule has 2 unspecified atom stereocenters. The number of aromatic nitrogens is 1. The molecular weight excluding hydrogens is 286 g/mol. The van der Waals surface area contributed by atoms with Gasteiger partial charge >= 0.3 is 5.97 Å². The van der Waals surface area contributed by atoms with E-state index in [9.17, 15) is 9.90 Å². The fourth-order valence-electron chi connectivity index (χ4n) is 2.39. The monoisotopic (exact) mass is 313 g/mol. The molecule has 0 aliphatic heterocycles. The standard InChI is InChI=1S/C15H27N3O2S/c1-7-10(3)12-13(14(19)20)21-15(16-12)18(8-2)11(4)9-17(5)6/h10-11H,7-9H2,1-6H3,(H,19,20). The largest absolute Gasteiger partial charge is 0.477 e. The Bertz CT molecular complexity index is 473. The normalized spacial score (nSPS) is 14.2. The first kappa shape index (κ1) is 17.9. The van der Waals surface area contributed by atoms with Gasteiger partial charge < -0.3 is 14.9 Å². The molecule has 0 amide bonds. The van der Waals surface area contributed by atoms with E-state index < -0.39 is 5.97 Å². The number of likely N-dealkylation sites (N-methyl/N-ethyl adjacent to an activating group) is 2. The van der Waals surface area contributed by atoms with E-state index >= 15 is 0 Å². The lowest BCUT2D eigenvalue weighted by molar-refractivity contribution is 0.0700. The second kappa shape index (κ2) is 7.75. The van der Waals surface area contributed by atoms with E-state index in [2.05, 4.69) is 35.6 Å². The van der Waals surface area contributed by atoms with Crippen molar-refractivity contribution in [3.63, 3.8) is 0 Å². The van der Waals surface area contributed by atoms with E-state index in [0.717, 1.165) is 30.3 Å². The van der Waals surface area contributed by atoms with E-state index in [1.807, 2.05) is 21.0 Å². The molecule has 1 rings (SSSR count). The third kappa shape index (κ3) is 4.41. The highest BCUT2D eigenvalue weighted by atomic mass is 32.1. The summed E-state index contributed by atoms with van der Waals surface area (Å²) in [6.07, 6.45) is 0.892. The van der Waals surface area contributed by atoms with Gasteiger partial charge in [-0.15, -0.1) is 0 Å². The predicted octanol–water partition coefficient (Wildman–Crippen LogP) is 3.13. The molecule has 1 aromatic heterocycles. The van der Waals surface area contributed by atoms with Gasteiger partial charge in [-0.05, 0) is 40.3 Å². The molecule has 0 spiro atoms. The third-order valence-corrected chi connectivity index (χ3v) is 4.76. The maximum atomic E-state index is 11.5. The van der Waals surface area contributed by atoms with Crippen molar-refractivity contribution >= 4 is 22.4 Å². The number of rotatable bonds is 8. The molecule has 0 radical (unpaired) electrons. The Morgan fingerprint density at radius 3 is 2.38 bits per heavy atom. The van der Waals surface area contributed by atoms with Gasteiger partial charge in [0.15, 0.2) is 5.13 Å². The predicted molar refractivity (Wildman–Crippen MR) is 88.8 cm³/mol. The average molecular weight is 313 g/mol. The molecule has 0 aromatic carbocycles. The van der Waals surface area contributed by atoms with Gasteiger partial charge in [-0.25, -0.2) is 9.78 Å². The van der Waals surface area contributed by atoms with Gasteiger partial charge in [0.1, 0.15) is 4.88 Å². The molecule has 0 saturated carbocycles. The summed E-state index contributed by atoms with van der Waals surface area (Å²) in [6.45, 7) is 10.0. The second-order valence-electron chi connectivity index (χ2n) is 5.72. The maximum absolute atomic E-state index is 11.5. The van der Waals surface area contributed by atoms with Crippen molar-refractivity contribution in [1.82, 2.24) is 9.88 Å². The lowest BCUT2D eigenvalue weighted by Crippen LogP contribution is -2.40. The van der Waals surface area contributed by atoms with Crippen LogP contribution in [0, 0.1) is 0 Å². The van der Waals surface area contributed by atoms with E-state index in [1.165, 1.54) is 11.3 Å². The summed E-state index contributed by atoms with van der Waals surface area (Å²) in [4.78, 5) is 20.8. The van der Waals surface area contributed by atoms with Crippen LogP contribution in [0.3, 0.4) is 0 Å². The molecule has 1 N–H and O–H groups in total. The fraction of sp³-hybridized carbons (Fsp3) is 0.733. The average Bonchev–Trinajstić information content (AvgIpc) is 2.82. The number of thiazole rings is 1. The van der Waals surface area contributed by atoms with Crippen LogP contribution in [-0.4, -0.2) is 54.2 Å². The van der Waals surface area contributed by atoms with Crippen LogP contribution in [0.5, 0.6) is 0 Å². The Labute approximate surface area is 131 Å². The zero-order valence-electron chi connectivity index (χ0n) is 13.9. The fourth-order valence-corrected chi connectivity index (χ4v) is 3.58. The van der Waals surface area contributed by atoms with Crippen LogP contribution in [0.1, 0.15) is 55.4 Å². The van der Waals surface area contributed by atoms with E-state index in [4.69, 9.17) is 0 Å². The summed E-state index contributed by atoms with van der Waals surface area (Å²) >= 11 is 1.30. The van der Waals surface area contributed by atoms with Crippen LogP contribution in [0.2, 0.25) is 0 Å². The zero-order valence-corrected chi connectivity index (χ0v) is 14.7. The molecule has 1 heterocycles. The summed E-state index contributed by atoms with van der Waals surface area (Å²) < 4.78 is 0. The van der Waals surface area contributed by atoms with Crippen molar-refractivity contribution in [2.45, 2.75) is 46.1 Å². The molecule has 0 saturated heterocycles. The molecule has 5 nitrogen and oxygen atoms in total. The lowest BCUT2D eigenvalue weighted by Gasteiger charge is -2.29. The van der Waals surface area contributed by atoms with Crippen LogP contribution in [0.25, 0.3) is 0 Å². The van der Waals surface area contributed by atoms with Crippen molar-refractivity contribution in [3.8, 4) is 0 Å². The smallest absolute Gasteiger partial charge is 0.347 e. The van der Waals surface area contributed by atoms with Crippen LogP contribution >= 0.6 is 11.3 Å². The Morgan fingerprint density at radius 2 is 1.95 bits per heavy atom. The molecule has 0 aliphatic rings. The Kier molecular flexibility index (Phi) is 6.61. The van der Waals surface area contributed by atoms with Gasteiger partial charge in [-0.1, -0.05) is 25.2 Å². The van der Waals surface area contributed by atoms with Gasteiger partial charge in [0.2, 0.25) is 0 Å². The van der Waals surface area contributed by atoms with Crippen molar-refractivity contribution < 1.29 is 9.90 Å². The first-order chi connectivity index (χ1) is 9.81. The number of nitrogens with zero attached hydrogens (tertiary/aromatic N) is 3. The highest BCUT2D eigenvalue weighted by Gasteiger charge is 2.25. The number of hydrogen-bond acceptors (Lipinski definition) is 5. The van der Waals surface area contributed by atoms with Crippen molar-refractivity contribution in [1.29, 1.82) is 0 Å². The van der Waals surface area contributed by atoms with Crippen LogP contribution in [0.4, 0.5) is 5.13 Å². The summed E-state index contributed by atoms with van der Waals surface area (Å²) in [5, 5.41) is 10.2. The molecule has 0 fully saturated rings. The minimum absolute atomic E-state index is 0.170. The molecule has 1 aromatic rings. The Hall–Kier alpha value is -1.14. The summed E-state index contributed by atoms with van der Waals surface area (Å²) in [7, 11) is 4.08. The van der Waals surface area contributed by atoms with Crippen molar-refractivity contribution in [2.75, 3.05) is 32.1 Å². The van der Waals surface area contributed by atoms with Crippen LogP contribution in [0.15, 0.2) is 0 Å². The lowest BCUT2D eigenvalue weighted by atomic mass is 10.0. The van der Waals surface area contributed by atoms with Crippen molar-refractivity contribution in [3.05, 3.63) is 10.6 Å². The molecule has 0 bridgehead atoms. The highest BCUT2D eigenvalue weighted by molar-refractivity contribution is 7.17. The number of aromatic carboxylic acids is 1. The van der Waals surface area contributed by atoms with Gasteiger partial charge in [-0.3, -0.25) is 0 Å². The molecular formula is C15H27N3O2S. The maximum Gasteiger partial charge on any atom is 0.347 e. The first-order valence-electron chi connectivity index (χ1n) is 7.47. The quantitative estimate of drug-likeness (QED) is 0.799. The highest BCUT2D eigenvalue weighted by Crippen LogP contribution is 2.33. The van der Waals surface area contributed by atoms with E-state index in [0.29, 0.717) is 10.9 Å². The summed E-state index contributed by atoms with van der Waals surface area (Å²) in [5.74, 6) is -0.700. The van der Waals surface area contributed by atoms with E-state index in [1.54, 1.807) is 0 Å². The number of carboxylic acid groups (broad SMARTS) is 1. The molecule has 6 heteroatoms. The van der Waals surface area contributed by atoms with Crippen LogP contribution in [-0.2, 0) is 0 Å². The summed E-state index contributed by atoms with van der Waals surface area (Å²) in [6, 6.07) is 0.294. The van der Waals surface area contributed by atoms with Gasteiger partial charge in [0.25, 0.3) is 0 Å². The summed E-state index contributed by atoms with van der Waals surface area (Å²) in [5.41, 5.74) is 0.723. The van der Waals surface area contributed by atoms with Crippen LogP contribution < -0.4 is 4.90 Å². The molecule has 2 atom stereocenters. The Morgan fingerprint density at radius 1 is 1.33 bits per heavy atom.